The lowest BCUT2D eigenvalue weighted by molar-refractivity contribution is 0.134. The quantitative estimate of drug-likeness (QED) is 0.0347. The topological polar surface area (TPSA) is 44.2 Å². The van der Waals surface area contributed by atoms with Crippen LogP contribution in [0, 0.1) is 0 Å². The zero-order valence-corrected chi connectivity index (χ0v) is 43.4. The van der Waals surface area contributed by atoms with Gasteiger partial charge in [0.1, 0.15) is 11.0 Å². The summed E-state index contributed by atoms with van der Waals surface area (Å²) in [5, 5.41) is 4.55. The number of unbranched alkanes of at least 4 members (excludes halogenated alkanes) is 8. The van der Waals surface area contributed by atoms with Gasteiger partial charge in [-0.2, -0.15) is 8.75 Å². The molecule has 0 bridgehead atoms. The number of fused-ring (bicyclic) bond motifs is 1. The zero-order chi connectivity index (χ0) is 45.1. The van der Waals surface area contributed by atoms with Crippen LogP contribution in [0.5, 0.6) is 0 Å². The van der Waals surface area contributed by atoms with Crippen LogP contribution in [0.2, 0.25) is 0 Å². The lowest BCUT2D eigenvalue weighted by atomic mass is 10.00. The highest BCUT2D eigenvalue weighted by molar-refractivity contribution is 8.18. The molecule has 7 rings (SSSR count). The zero-order valence-electron chi connectivity index (χ0n) is 39.3. The fourth-order valence-electron chi connectivity index (χ4n) is 8.26. The summed E-state index contributed by atoms with van der Waals surface area (Å²) in [6, 6.07) is 20.8. The number of benzene rings is 2. The lowest BCUT2D eigenvalue weighted by Gasteiger charge is -2.09. The monoisotopic (exact) mass is 962 g/mol. The van der Waals surface area contributed by atoms with Crippen molar-refractivity contribution < 1.29 is 9.47 Å². The molecule has 0 saturated heterocycles. The minimum atomic E-state index is 0.00123. The molecule has 65 heavy (non-hydrogen) atoms. The fourth-order valence-corrected chi connectivity index (χ4v) is 14.8. The average molecular weight is 964 g/mol. The van der Waals surface area contributed by atoms with Gasteiger partial charge in [0.05, 0.1) is 29.2 Å². The van der Waals surface area contributed by atoms with Gasteiger partial charge in [0.25, 0.3) is 0 Å². The Hall–Kier alpha value is -3.28. The molecule has 4 nitrogen and oxygen atoms in total. The van der Waals surface area contributed by atoms with Crippen LogP contribution >= 0.6 is 56.2 Å². The highest BCUT2D eigenvalue weighted by Crippen LogP contribution is 2.47. The van der Waals surface area contributed by atoms with Gasteiger partial charge >= 0.3 is 0 Å². The number of aryl methyl sites for hydroxylation is 1. The van der Waals surface area contributed by atoms with Gasteiger partial charge < -0.3 is 9.47 Å². The second-order valence-electron chi connectivity index (χ2n) is 17.3. The van der Waals surface area contributed by atoms with E-state index in [-0.39, 0.29) is 10.5 Å². The number of ether oxygens (including phenoxy) is 2. The first-order valence-electron chi connectivity index (χ1n) is 24.5. The highest BCUT2D eigenvalue weighted by Gasteiger charge is 2.24. The van der Waals surface area contributed by atoms with Crippen LogP contribution < -0.4 is 0 Å². The van der Waals surface area contributed by atoms with Crippen molar-refractivity contribution in [3.63, 3.8) is 0 Å². The van der Waals surface area contributed by atoms with E-state index in [1.54, 1.807) is 16.2 Å². The van der Waals surface area contributed by atoms with E-state index in [0.29, 0.717) is 0 Å². The Balaban J connectivity index is 1.10. The molecule has 5 heterocycles. The third kappa shape index (κ3) is 14.4. The number of aromatic nitrogens is 2. The van der Waals surface area contributed by atoms with E-state index in [4.69, 9.17) is 18.2 Å². The van der Waals surface area contributed by atoms with Crippen LogP contribution in [-0.2, 0) is 28.7 Å². The Kier molecular flexibility index (Phi) is 20.5. The van der Waals surface area contributed by atoms with E-state index in [0.717, 1.165) is 88.2 Å². The van der Waals surface area contributed by atoms with Gasteiger partial charge in [-0.25, -0.2) is 0 Å². The second-order valence-corrected chi connectivity index (χ2v) is 23.0. The molecule has 0 radical (unpaired) electrons. The summed E-state index contributed by atoms with van der Waals surface area (Å²) in [5.41, 5.74) is 12.7. The summed E-state index contributed by atoms with van der Waals surface area (Å²) < 4.78 is 23.4. The number of rotatable bonds is 29. The van der Waals surface area contributed by atoms with Crippen LogP contribution in [0.4, 0.5) is 0 Å². The van der Waals surface area contributed by atoms with E-state index < -0.39 is 0 Å². The molecule has 0 saturated carbocycles. The molecule has 6 aromatic rings. The minimum absolute atomic E-state index is 0.00123. The molecule has 0 fully saturated rings. The smallest absolute Gasteiger partial charge is 0.114 e. The van der Waals surface area contributed by atoms with Gasteiger partial charge in [0.2, 0.25) is 0 Å². The lowest BCUT2D eigenvalue weighted by Crippen LogP contribution is -2.00. The molecule has 0 N–H and O–H groups in total. The van der Waals surface area contributed by atoms with Crippen molar-refractivity contribution in [2.75, 3.05) is 32.2 Å². The maximum Gasteiger partial charge on any atom is 0.114 e. The maximum absolute atomic E-state index is 6.15. The van der Waals surface area contributed by atoms with E-state index >= 15 is 0 Å². The van der Waals surface area contributed by atoms with Crippen LogP contribution in [-0.4, -0.2) is 45.8 Å². The van der Waals surface area contributed by atoms with Crippen molar-refractivity contribution in [2.45, 2.75) is 135 Å². The molecule has 1 aliphatic rings. The second kappa shape index (κ2) is 26.9. The molecule has 9 heteroatoms. The standard InChI is InChI=1S/C56H70N2O2S5/c1-5-9-13-15-17-44-37-53(62-40-44)50-26-25-49(55-56(50)58-64-57-55)47-38-48(18-16-14-10-6-2)65(41-47)54-39-46(30-35-60-33-12-8-4)52(63-54)28-24-43-21-19-42(20-22-43)23-27-51-45(31-36-61-51)29-34-59-32-11-7-3/h19-28,31,36-40H,5-18,29-30,32-35,41H2,1-4H3/b27-23+,28-24+. The third-order valence-electron chi connectivity index (χ3n) is 12.2. The van der Waals surface area contributed by atoms with E-state index in [9.17, 15) is 0 Å². The van der Waals surface area contributed by atoms with E-state index in [2.05, 4.69) is 123 Å². The van der Waals surface area contributed by atoms with Crippen molar-refractivity contribution in [1.29, 1.82) is 0 Å². The van der Waals surface area contributed by atoms with Gasteiger partial charge in [-0.1, -0.05) is 128 Å². The summed E-state index contributed by atoms with van der Waals surface area (Å²) >= 11 is 7.01. The maximum atomic E-state index is 6.15. The molecule has 0 amide bonds. The van der Waals surface area contributed by atoms with Crippen molar-refractivity contribution in [3.05, 3.63) is 115 Å². The molecule has 1 unspecified atom stereocenters. The summed E-state index contributed by atoms with van der Waals surface area (Å²) in [4.78, 5) is 5.59. The van der Waals surface area contributed by atoms with Crippen LogP contribution in [0.3, 0.4) is 0 Å². The Morgan fingerprint density at radius 3 is 1.91 bits per heavy atom. The Bertz CT molecular complexity index is 2490. The first-order valence-corrected chi connectivity index (χ1v) is 29.2. The summed E-state index contributed by atoms with van der Waals surface area (Å²) in [5.74, 6) is 1.03. The van der Waals surface area contributed by atoms with Crippen molar-refractivity contribution in [1.82, 2.24) is 8.75 Å². The van der Waals surface area contributed by atoms with Gasteiger partial charge in [-0.05, 0) is 137 Å². The number of hydrogen-bond acceptors (Lipinski definition) is 8. The Morgan fingerprint density at radius 2 is 1.22 bits per heavy atom. The molecule has 0 spiro atoms. The van der Waals surface area contributed by atoms with Gasteiger partial charge in [-0.15, -0.1) is 44.5 Å². The largest absolute Gasteiger partial charge is 0.381 e. The molecule has 1 aliphatic heterocycles. The molecular weight excluding hydrogens is 893 g/mol. The van der Waals surface area contributed by atoms with Gasteiger partial charge in [0, 0.05) is 44.7 Å². The van der Waals surface area contributed by atoms with Crippen molar-refractivity contribution in [2.24, 2.45) is 0 Å². The first kappa shape index (κ1) is 49.6. The Labute approximate surface area is 409 Å². The first-order chi connectivity index (χ1) is 32.1. The summed E-state index contributed by atoms with van der Waals surface area (Å²) in [6.45, 7) is 12.3. The molecule has 1 atom stereocenters. The normalized spacial score (nSPS) is 14.3. The number of nitrogens with zero attached hydrogens (tertiary/aromatic N) is 2. The minimum Gasteiger partial charge on any atom is -0.381 e. The summed E-state index contributed by atoms with van der Waals surface area (Å²) in [6.07, 6.45) is 30.7. The predicted octanol–water partition coefficient (Wildman–Crippen LogP) is 17.6. The molecule has 2 aromatic carbocycles. The van der Waals surface area contributed by atoms with Crippen LogP contribution in [0.25, 0.3) is 51.4 Å². The molecular formula is C56H70N2O2S5. The van der Waals surface area contributed by atoms with Crippen molar-refractivity contribution >= 4 is 102 Å². The van der Waals surface area contributed by atoms with Crippen molar-refractivity contribution in [3.8, 4) is 10.4 Å². The average Bonchev–Trinajstić information content (AvgIpc) is 4.19. The summed E-state index contributed by atoms with van der Waals surface area (Å²) in [7, 11) is 0.00123. The highest BCUT2D eigenvalue weighted by atomic mass is 32.2. The SMILES string of the molecule is CCCCCCC1=S(c2cc(CCOCCCC)c(/C=C/c3ccc(/C=C/c4sccc4CCOCCCC)cc3)s2)CC(c2ccc(-c3cc(CCCCCC)cs3)c3nsnc23)=C1. The number of hydrogen-bond donors (Lipinski definition) is 0. The van der Waals surface area contributed by atoms with Crippen LogP contribution in [0.1, 0.15) is 154 Å². The van der Waals surface area contributed by atoms with Gasteiger partial charge in [0.15, 0.2) is 0 Å². The predicted molar refractivity (Wildman–Crippen MR) is 293 cm³/mol. The number of allylic oxidation sites excluding steroid dienone is 1. The molecule has 4 aromatic heterocycles. The van der Waals surface area contributed by atoms with E-state index in [1.807, 2.05) is 22.7 Å². The molecule has 0 aliphatic carbocycles. The number of thiophene rings is 3. The van der Waals surface area contributed by atoms with Gasteiger partial charge in [-0.3, -0.25) is 0 Å². The Morgan fingerprint density at radius 1 is 0.585 bits per heavy atom. The molecule has 346 valence electrons. The van der Waals surface area contributed by atoms with Crippen LogP contribution in [0.15, 0.2) is 75.6 Å². The third-order valence-corrected chi connectivity index (χ3v) is 18.6. The van der Waals surface area contributed by atoms with E-state index in [1.165, 1.54) is 133 Å². The fraction of sp³-hybridized carbons (Fsp3) is 0.446.